The summed E-state index contributed by atoms with van der Waals surface area (Å²) in [6.45, 7) is 2.44. The van der Waals surface area contributed by atoms with Crippen LogP contribution in [0.2, 0.25) is 0 Å². The fraction of sp³-hybridized carbons (Fsp3) is 0.200. The maximum Gasteiger partial charge on any atom is 0.251 e. The lowest BCUT2D eigenvalue weighted by Crippen LogP contribution is -2.34. The van der Waals surface area contributed by atoms with Gasteiger partial charge in [-0.05, 0) is 54.4 Å². The minimum Gasteiger partial charge on any atom is -0.487 e. The van der Waals surface area contributed by atoms with Crippen LogP contribution in [0.25, 0.3) is 16.9 Å². The first-order chi connectivity index (χ1) is 16.1. The van der Waals surface area contributed by atoms with Crippen LogP contribution >= 0.6 is 0 Å². The molecule has 0 bridgehead atoms. The number of amides is 1. The molecule has 0 spiro atoms. The van der Waals surface area contributed by atoms with Gasteiger partial charge in [0.05, 0.1) is 25.0 Å². The summed E-state index contributed by atoms with van der Waals surface area (Å²) in [4.78, 5) is 12.8. The number of nitrogens with zero attached hydrogens (tertiary/aromatic N) is 4. The van der Waals surface area contributed by atoms with E-state index in [1.54, 1.807) is 30.1 Å². The Hall–Kier alpha value is -4.20. The van der Waals surface area contributed by atoms with Crippen molar-refractivity contribution in [2.24, 2.45) is 0 Å². The fourth-order valence-corrected chi connectivity index (χ4v) is 3.99. The molecule has 1 amide bonds. The summed E-state index contributed by atoms with van der Waals surface area (Å²) in [7, 11) is 1.56. The zero-order valence-corrected chi connectivity index (χ0v) is 18.4. The zero-order valence-electron chi connectivity index (χ0n) is 18.4. The van der Waals surface area contributed by atoms with Gasteiger partial charge in [-0.15, -0.1) is 10.2 Å². The molecule has 0 radical (unpaired) electrons. The molecule has 0 unspecified atom stereocenters. The number of carbonyl (C=O) groups is 1. The Morgan fingerprint density at radius 3 is 2.85 bits per heavy atom. The number of hydrogen-bond donors (Lipinski definition) is 1. The highest BCUT2D eigenvalue weighted by molar-refractivity contribution is 5.94. The second kappa shape index (κ2) is 8.74. The summed E-state index contributed by atoms with van der Waals surface area (Å²) in [5, 5.41) is 15.6. The van der Waals surface area contributed by atoms with Crippen LogP contribution < -0.4 is 14.8 Å². The zero-order chi connectivity index (χ0) is 22.8. The van der Waals surface area contributed by atoms with Gasteiger partial charge < -0.3 is 14.8 Å². The SMILES string of the molecule is COc1ccc(-c2cc(C)cc3c2O[C@H](CNC(=O)c2cccc(-n4cccn4)c2)C3)nn1. The lowest BCUT2D eigenvalue weighted by atomic mass is 10.0. The van der Waals surface area contributed by atoms with Crippen LogP contribution in [-0.4, -0.2) is 45.6 Å². The van der Waals surface area contributed by atoms with Crippen LogP contribution in [0.15, 0.2) is 67.0 Å². The predicted molar refractivity (Wildman–Crippen MR) is 123 cm³/mol. The topological polar surface area (TPSA) is 91.2 Å². The second-order valence-electron chi connectivity index (χ2n) is 7.92. The summed E-state index contributed by atoms with van der Waals surface area (Å²) >= 11 is 0. The van der Waals surface area contributed by atoms with Crippen LogP contribution in [0.4, 0.5) is 0 Å². The number of hydrogen-bond acceptors (Lipinski definition) is 6. The molecule has 33 heavy (non-hydrogen) atoms. The first kappa shape index (κ1) is 20.7. The Kier molecular flexibility index (Phi) is 5.48. The van der Waals surface area contributed by atoms with Gasteiger partial charge >= 0.3 is 0 Å². The molecule has 5 rings (SSSR count). The smallest absolute Gasteiger partial charge is 0.251 e. The maximum absolute atomic E-state index is 12.8. The van der Waals surface area contributed by atoms with E-state index in [0.29, 0.717) is 24.4 Å². The molecule has 0 saturated heterocycles. The van der Waals surface area contributed by atoms with Gasteiger partial charge in [0.2, 0.25) is 5.88 Å². The van der Waals surface area contributed by atoms with Crippen LogP contribution in [0.1, 0.15) is 21.5 Å². The van der Waals surface area contributed by atoms with E-state index in [9.17, 15) is 4.79 Å². The molecule has 3 heterocycles. The molecule has 2 aromatic heterocycles. The molecule has 8 heteroatoms. The summed E-state index contributed by atoms with van der Waals surface area (Å²) in [5.41, 5.74) is 5.23. The van der Waals surface area contributed by atoms with Gasteiger partial charge in [0, 0.05) is 36.0 Å². The monoisotopic (exact) mass is 441 g/mol. The molecule has 166 valence electrons. The number of nitrogens with one attached hydrogen (secondary N) is 1. The van der Waals surface area contributed by atoms with Crippen LogP contribution in [-0.2, 0) is 6.42 Å². The van der Waals surface area contributed by atoms with Gasteiger partial charge in [-0.25, -0.2) is 4.68 Å². The molecule has 4 aromatic rings. The molecular weight excluding hydrogens is 418 g/mol. The fourth-order valence-electron chi connectivity index (χ4n) is 3.99. The molecule has 0 aliphatic carbocycles. The normalized spacial score (nSPS) is 14.4. The standard InChI is InChI=1S/C25H23N5O3/c1-16-11-18-14-20(33-24(18)21(12-16)22-7-8-23(32-2)29-28-22)15-26-25(31)17-5-3-6-19(13-17)30-10-4-9-27-30/h3-13,20H,14-15H2,1-2H3,(H,26,31)/t20-/m0/s1. The number of methoxy groups -OCH3 is 1. The minimum absolute atomic E-state index is 0.152. The summed E-state index contributed by atoms with van der Waals surface area (Å²) in [5.74, 6) is 1.10. The molecule has 2 aromatic carbocycles. The van der Waals surface area contributed by atoms with Gasteiger partial charge in [-0.2, -0.15) is 5.10 Å². The van der Waals surface area contributed by atoms with Crippen molar-refractivity contribution < 1.29 is 14.3 Å². The Morgan fingerprint density at radius 1 is 1.18 bits per heavy atom. The molecule has 0 saturated carbocycles. The lowest BCUT2D eigenvalue weighted by Gasteiger charge is -2.14. The van der Waals surface area contributed by atoms with Crippen molar-refractivity contribution in [3.63, 3.8) is 0 Å². The summed E-state index contributed by atoms with van der Waals surface area (Å²) in [6, 6.07) is 17.0. The number of fused-ring (bicyclic) bond motifs is 1. The summed E-state index contributed by atoms with van der Waals surface area (Å²) in [6.07, 6.45) is 4.09. The highest BCUT2D eigenvalue weighted by atomic mass is 16.5. The molecular formula is C25H23N5O3. The highest BCUT2D eigenvalue weighted by Crippen LogP contribution is 2.39. The van der Waals surface area contributed by atoms with Gasteiger partial charge in [0.15, 0.2) is 0 Å². The molecule has 1 atom stereocenters. The average molecular weight is 441 g/mol. The van der Waals surface area contributed by atoms with Crippen molar-refractivity contribution in [1.29, 1.82) is 0 Å². The number of aryl methyl sites for hydroxylation is 1. The van der Waals surface area contributed by atoms with E-state index in [4.69, 9.17) is 9.47 Å². The van der Waals surface area contributed by atoms with Crippen molar-refractivity contribution >= 4 is 5.91 Å². The van der Waals surface area contributed by atoms with Crippen molar-refractivity contribution in [1.82, 2.24) is 25.3 Å². The number of benzene rings is 2. The number of carbonyl (C=O) groups excluding carboxylic acids is 1. The van der Waals surface area contributed by atoms with E-state index >= 15 is 0 Å². The lowest BCUT2D eigenvalue weighted by molar-refractivity contribution is 0.0933. The van der Waals surface area contributed by atoms with Crippen LogP contribution in [0.5, 0.6) is 11.6 Å². The third-order valence-corrected chi connectivity index (χ3v) is 5.54. The first-order valence-corrected chi connectivity index (χ1v) is 10.7. The van der Waals surface area contributed by atoms with E-state index in [0.717, 1.165) is 33.8 Å². The Labute approximate surface area is 191 Å². The third kappa shape index (κ3) is 4.27. The Balaban J connectivity index is 1.29. The Morgan fingerprint density at radius 2 is 2.09 bits per heavy atom. The predicted octanol–water partition coefficient (Wildman–Crippen LogP) is 3.38. The van der Waals surface area contributed by atoms with Crippen LogP contribution in [0.3, 0.4) is 0 Å². The molecule has 1 aliphatic rings. The van der Waals surface area contributed by atoms with E-state index in [1.165, 1.54) is 0 Å². The van der Waals surface area contributed by atoms with Crippen molar-refractivity contribution in [3.8, 4) is 28.6 Å². The first-order valence-electron chi connectivity index (χ1n) is 10.7. The quantitative estimate of drug-likeness (QED) is 0.493. The Bertz CT molecular complexity index is 1290. The van der Waals surface area contributed by atoms with E-state index < -0.39 is 0 Å². The van der Waals surface area contributed by atoms with Crippen molar-refractivity contribution in [3.05, 3.63) is 83.7 Å². The maximum atomic E-state index is 12.8. The van der Waals surface area contributed by atoms with Gasteiger partial charge in [0.25, 0.3) is 5.91 Å². The number of rotatable bonds is 6. The molecule has 0 fully saturated rings. The van der Waals surface area contributed by atoms with Crippen molar-refractivity contribution in [2.75, 3.05) is 13.7 Å². The molecule has 1 N–H and O–H groups in total. The average Bonchev–Trinajstić information content (AvgIpc) is 3.52. The van der Waals surface area contributed by atoms with Gasteiger partial charge in [-0.1, -0.05) is 12.1 Å². The van der Waals surface area contributed by atoms with Crippen LogP contribution in [0, 0.1) is 6.92 Å². The number of aromatic nitrogens is 4. The van der Waals surface area contributed by atoms with E-state index in [-0.39, 0.29) is 12.0 Å². The van der Waals surface area contributed by atoms with Crippen molar-refractivity contribution in [2.45, 2.75) is 19.4 Å². The van der Waals surface area contributed by atoms with E-state index in [1.807, 2.05) is 49.5 Å². The summed E-state index contributed by atoms with van der Waals surface area (Å²) < 4.78 is 13.1. The third-order valence-electron chi connectivity index (χ3n) is 5.54. The second-order valence-corrected chi connectivity index (χ2v) is 7.92. The van der Waals surface area contributed by atoms with Gasteiger partial charge in [-0.3, -0.25) is 4.79 Å². The molecule has 8 nitrogen and oxygen atoms in total. The number of ether oxygens (including phenoxy) is 2. The minimum atomic E-state index is -0.162. The van der Waals surface area contributed by atoms with E-state index in [2.05, 4.69) is 26.7 Å². The molecule has 1 aliphatic heterocycles. The largest absolute Gasteiger partial charge is 0.487 e. The van der Waals surface area contributed by atoms with Gasteiger partial charge in [0.1, 0.15) is 11.9 Å². The highest BCUT2D eigenvalue weighted by Gasteiger charge is 2.27.